The quantitative estimate of drug-likeness (QED) is 0.421. The minimum atomic E-state index is -0.952. The van der Waals surface area contributed by atoms with Crippen LogP contribution >= 0.6 is 35.0 Å². The summed E-state index contributed by atoms with van der Waals surface area (Å²) in [6.07, 6.45) is 1.52. The summed E-state index contributed by atoms with van der Waals surface area (Å²) in [5.41, 5.74) is 0.879. The summed E-state index contributed by atoms with van der Waals surface area (Å²) in [5.74, 6) is -0.477. The summed E-state index contributed by atoms with van der Waals surface area (Å²) in [7, 11) is 0. The van der Waals surface area contributed by atoms with Gasteiger partial charge in [0.1, 0.15) is 17.3 Å². The molecule has 2 N–H and O–H groups in total. The molecule has 3 rings (SSSR count). The van der Waals surface area contributed by atoms with Crippen LogP contribution in [-0.4, -0.2) is 55.5 Å². The van der Waals surface area contributed by atoms with E-state index in [0.717, 1.165) is 6.07 Å². The van der Waals surface area contributed by atoms with Gasteiger partial charge in [-0.25, -0.2) is 4.39 Å². The van der Waals surface area contributed by atoms with Crippen LogP contribution in [0, 0.1) is 5.82 Å². The lowest BCUT2D eigenvalue weighted by Gasteiger charge is -2.34. The van der Waals surface area contributed by atoms with Gasteiger partial charge in [0.25, 0.3) is 11.8 Å². The highest BCUT2D eigenvalue weighted by Crippen LogP contribution is 2.36. The number of hydrogen-bond donors (Lipinski definition) is 2. The summed E-state index contributed by atoms with van der Waals surface area (Å²) in [4.78, 5) is 39.2. The largest absolute Gasteiger partial charge is 0.484 e. The normalized spacial score (nSPS) is 14.3. The Kier molecular flexibility index (Phi) is 10.5. The van der Waals surface area contributed by atoms with E-state index in [9.17, 15) is 18.8 Å². The Labute approximate surface area is 228 Å². The van der Waals surface area contributed by atoms with Crippen LogP contribution in [-0.2, 0) is 14.4 Å². The molecule has 0 saturated carbocycles. The fourth-order valence-corrected chi connectivity index (χ4v) is 4.05. The van der Waals surface area contributed by atoms with Gasteiger partial charge in [-0.05, 0) is 36.6 Å². The number of carbonyl (C=O) groups is 3. The number of ether oxygens (including phenoxy) is 2. The van der Waals surface area contributed by atoms with Crippen molar-refractivity contribution in [2.75, 3.05) is 36.6 Å². The molecule has 1 aliphatic heterocycles. The fraction of sp³-hybridized carbons (Fsp3) is 0.320. The van der Waals surface area contributed by atoms with Gasteiger partial charge in [0.2, 0.25) is 5.91 Å². The smallest absolute Gasteiger partial charge is 0.267 e. The first kappa shape index (κ1) is 28.6. The number of hydrogen-bond acceptors (Lipinski definition) is 6. The lowest BCUT2D eigenvalue weighted by atomic mass is 10.1. The van der Waals surface area contributed by atoms with Gasteiger partial charge in [-0.1, -0.05) is 29.8 Å². The van der Waals surface area contributed by atoms with Gasteiger partial charge in [-0.3, -0.25) is 14.4 Å². The third-order valence-corrected chi connectivity index (χ3v) is 6.41. The van der Waals surface area contributed by atoms with Crippen LogP contribution in [0.1, 0.15) is 12.8 Å². The van der Waals surface area contributed by atoms with Gasteiger partial charge >= 0.3 is 0 Å². The van der Waals surface area contributed by atoms with E-state index in [1.807, 2.05) is 6.26 Å². The first-order chi connectivity index (χ1) is 17.7. The maximum absolute atomic E-state index is 13.4. The van der Waals surface area contributed by atoms with E-state index in [4.69, 9.17) is 32.7 Å². The van der Waals surface area contributed by atoms with Crippen molar-refractivity contribution < 1.29 is 28.2 Å². The van der Waals surface area contributed by atoms with Gasteiger partial charge in [0.15, 0.2) is 12.7 Å². The van der Waals surface area contributed by atoms with Gasteiger partial charge in [0, 0.05) is 41.9 Å². The summed E-state index contributed by atoms with van der Waals surface area (Å²) in [6.45, 7) is 3.71. The Morgan fingerprint density at radius 1 is 1.22 bits per heavy atom. The first-order valence-electron chi connectivity index (χ1n) is 11.3. The second-order valence-electron chi connectivity index (χ2n) is 8.02. The SMILES string of the molecule is C=C(CCNC(=O)COc1ccc(Cl)c(F)c1)NC(=O)C1CN(C(=O)CCSC)c2cc(Cl)ccc2O1. The van der Waals surface area contributed by atoms with Crippen LogP contribution in [0.25, 0.3) is 0 Å². The molecule has 3 amide bonds. The van der Waals surface area contributed by atoms with E-state index in [1.165, 1.54) is 17.0 Å². The minimum absolute atomic E-state index is 0.0268. The molecule has 0 saturated heterocycles. The Balaban J connectivity index is 1.48. The summed E-state index contributed by atoms with van der Waals surface area (Å²) in [6, 6.07) is 8.76. The topological polar surface area (TPSA) is 97.0 Å². The first-order valence-corrected chi connectivity index (χ1v) is 13.4. The Morgan fingerprint density at radius 3 is 2.73 bits per heavy atom. The predicted molar refractivity (Wildman–Crippen MR) is 143 cm³/mol. The molecular weight excluding hydrogens is 544 g/mol. The molecule has 198 valence electrons. The maximum atomic E-state index is 13.4. The highest BCUT2D eigenvalue weighted by molar-refractivity contribution is 7.98. The minimum Gasteiger partial charge on any atom is -0.484 e. The van der Waals surface area contributed by atoms with Crippen molar-refractivity contribution in [3.05, 3.63) is 64.5 Å². The van der Waals surface area contributed by atoms with Crippen molar-refractivity contribution in [2.45, 2.75) is 18.9 Å². The molecule has 1 heterocycles. The molecule has 0 radical (unpaired) electrons. The molecule has 0 fully saturated rings. The molecule has 0 aromatic heterocycles. The molecule has 1 atom stereocenters. The molecular formula is C25H26Cl2FN3O5S. The summed E-state index contributed by atoms with van der Waals surface area (Å²) in [5, 5.41) is 5.71. The van der Waals surface area contributed by atoms with Crippen LogP contribution in [0.5, 0.6) is 11.5 Å². The van der Waals surface area contributed by atoms with Crippen molar-refractivity contribution in [2.24, 2.45) is 0 Å². The van der Waals surface area contributed by atoms with E-state index in [2.05, 4.69) is 17.2 Å². The van der Waals surface area contributed by atoms with Crippen molar-refractivity contribution in [3.8, 4) is 11.5 Å². The second-order valence-corrected chi connectivity index (χ2v) is 9.85. The van der Waals surface area contributed by atoms with Gasteiger partial charge in [-0.15, -0.1) is 0 Å². The average molecular weight is 570 g/mol. The number of anilines is 1. The number of amides is 3. The molecule has 2 aromatic carbocycles. The molecule has 1 aliphatic rings. The second kappa shape index (κ2) is 13.6. The zero-order chi connectivity index (χ0) is 26.9. The van der Waals surface area contributed by atoms with Crippen LogP contribution in [0.3, 0.4) is 0 Å². The number of benzene rings is 2. The third-order valence-electron chi connectivity index (χ3n) is 5.25. The third kappa shape index (κ3) is 8.28. The van der Waals surface area contributed by atoms with E-state index >= 15 is 0 Å². The number of halogens is 3. The van der Waals surface area contributed by atoms with Crippen molar-refractivity contribution in [1.29, 1.82) is 0 Å². The van der Waals surface area contributed by atoms with E-state index < -0.39 is 23.7 Å². The van der Waals surface area contributed by atoms with E-state index in [0.29, 0.717) is 34.3 Å². The predicted octanol–water partition coefficient (Wildman–Crippen LogP) is 4.19. The number of carbonyl (C=O) groups excluding carboxylic acids is 3. The van der Waals surface area contributed by atoms with Crippen LogP contribution in [0.2, 0.25) is 10.0 Å². The molecule has 8 nitrogen and oxygen atoms in total. The molecule has 12 heteroatoms. The van der Waals surface area contributed by atoms with Crippen molar-refractivity contribution in [3.63, 3.8) is 0 Å². The van der Waals surface area contributed by atoms with Crippen LogP contribution in [0.15, 0.2) is 48.7 Å². The molecule has 2 aromatic rings. The molecule has 37 heavy (non-hydrogen) atoms. The standard InChI is InChI=1S/C25H26Cl2FN3O5S/c1-15(7-9-29-23(32)14-35-17-4-5-18(27)19(28)12-17)30-25(34)22-13-31(24(33)8-10-37-2)20-11-16(26)3-6-21(20)36-22/h3-6,11-12,22H,1,7-10,13-14H2,2H3,(H,29,32)(H,30,34). The Hall–Kier alpha value is -2.95. The summed E-state index contributed by atoms with van der Waals surface area (Å²) >= 11 is 13.3. The maximum Gasteiger partial charge on any atom is 0.267 e. The Bertz CT molecular complexity index is 1180. The Morgan fingerprint density at radius 2 is 2.00 bits per heavy atom. The molecule has 0 aliphatic carbocycles. The lowest BCUT2D eigenvalue weighted by molar-refractivity contribution is -0.127. The van der Waals surface area contributed by atoms with Gasteiger partial charge < -0.3 is 25.0 Å². The van der Waals surface area contributed by atoms with Crippen molar-refractivity contribution >= 4 is 58.4 Å². The molecule has 1 unspecified atom stereocenters. The highest BCUT2D eigenvalue weighted by Gasteiger charge is 2.34. The number of nitrogens with one attached hydrogen (secondary N) is 2. The zero-order valence-corrected chi connectivity index (χ0v) is 22.4. The van der Waals surface area contributed by atoms with Crippen LogP contribution in [0.4, 0.5) is 10.1 Å². The van der Waals surface area contributed by atoms with Crippen LogP contribution < -0.4 is 25.0 Å². The average Bonchev–Trinajstić information content (AvgIpc) is 2.87. The monoisotopic (exact) mass is 569 g/mol. The zero-order valence-electron chi connectivity index (χ0n) is 20.0. The van der Waals surface area contributed by atoms with E-state index in [1.54, 1.807) is 30.0 Å². The lowest BCUT2D eigenvalue weighted by Crippen LogP contribution is -2.50. The number of thioether (sulfide) groups is 1. The fourth-order valence-electron chi connectivity index (χ4n) is 3.39. The van der Waals surface area contributed by atoms with Crippen molar-refractivity contribution in [1.82, 2.24) is 10.6 Å². The number of fused-ring (bicyclic) bond motifs is 1. The molecule has 0 bridgehead atoms. The van der Waals surface area contributed by atoms with Gasteiger partial charge in [-0.2, -0.15) is 11.8 Å². The highest BCUT2D eigenvalue weighted by atomic mass is 35.5. The molecule has 0 spiro atoms. The number of nitrogens with zero attached hydrogens (tertiary/aromatic N) is 1. The van der Waals surface area contributed by atoms with E-state index in [-0.39, 0.29) is 42.8 Å². The summed E-state index contributed by atoms with van der Waals surface area (Å²) < 4.78 is 24.5. The number of rotatable bonds is 11. The van der Waals surface area contributed by atoms with Gasteiger partial charge in [0.05, 0.1) is 17.3 Å².